The Morgan fingerprint density at radius 1 is 1.39 bits per heavy atom. The monoisotopic (exact) mass is 308 g/mol. The van der Waals surface area contributed by atoms with Crippen LogP contribution in [0, 0.1) is 0 Å². The van der Waals surface area contributed by atoms with Crippen molar-refractivity contribution in [1.29, 1.82) is 0 Å². The minimum atomic E-state index is -0.538. The van der Waals surface area contributed by atoms with Crippen LogP contribution in [0.5, 0.6) is 0 Å². The molecular weight excluding hydrogens is 296 g/mol. The number of amides is 1. The molecular formula is C12H13BrN4O. The van der Waals surface area contributed by atoms with Crippen LogP contribution in [0.3, 0.4) is 0 Å². The minimum Gasteiger partial charge on any atom is -0.364 e. The summed E-state index contributed by atoms with van der Waals surface area (Å²) in [6, 6.07) is 7.46. The van der Waals surface area contributed by atoms with Gasteiger partial charge in [-0.2, -0.15) is 5.10 Å². The molecule has 0 unspecified atom stereocenters. The number of carbonyl (C=O) groups is 1. The molecule has 1 amide bonds. The van der Waals surface area contributed by atoms with Crippen LogP contribution in [0.4, 0.5) is 0 Å². The van der Waals surface area contributed by atoms with E-state index in [9.17, 15) is 4.79 Å². The van der Waals surface area contributed by atoms with Gasteiger partial charge in [0.15, 0.2) is 0 Å². The first-order chi connectivity index (χ1) is 8.61. The summed E-state index contributed by atoms with van der Waals surface area (Å²) >= 11 is 3.42. The Hall–Kier alpha value is -1.66. The van der Waals surface area contributed by atoms with Gasteiger partial charge >= 0.3 is 0 Å². The highest BCUT2D eigenvalue weighted by molar-refractivity contribution is 9.10. The first-order valence-electron chi connectivity index (χ1n) is 5.46. The van der Waals surface area contributed by atoms with Crippen LogP contribution in [0.25, 0.3) is 5.69 Å². The topological polar surface area (TPSA) is 86.9 Å². The second-order valence-electron chi connectivity index (χ2n) is 3.82. The smallest absolute Gasteiger partial charge is 0.269 e. The van der Waals surface area contributed by atoms with Crippen molar-refractivity contribution >= 4 is 21.8 Å². The number of primary amides is 1. The van der Waals surface area contributed by atoms with Crippen LogP contribution in [-0.2, 0) is 6.42 Å². The molecule has 1 aromatic carbocycles. The van der Waals surface area contributed by atoms with Crippen molar-refractivity contribution in [3.63, 3.8) is 0 Å². The highest BCUT2D eigenvalue weighted by atomic mass is 79.9. The summed E-state index contributed by atoms with van der Waals surface area (Å²) in [5, 5.41) is 4.14. The van der Waals surface area contributed by atoms with Gasteiger partial charge in [-0.3, -0.25) is 4.79 Å². The average molecular weight is 309 g/mol. The third kappa shape index (κ3) is 2.60. The van der Waals surface area contributed by atoms with E-state index in [0.717, 1.165) is 22.1 Å². The Morgan fingerprint density at radius 2 is 2.17 bits per heavy atom. The van der Waals surface area contributed by atoms with E-state index in [1.165, 1.54) is 0 Å². The summed E-state index contributed by atoms with van der Waals surface area (Å²) < 4.78 is 2.57. The molecule has 0 aliphatic heterocycles. The van der Waals surface area contributed by atoms with Crippen molar-refractivity contribution in [2.75, 3.05) is 6.54 Å². The molecule has 0 bridgehead atoms. The maximum Gasteiger partial charge on any atom is 0.269 e. The third-order valence-electron chi connectivity index (χ3n) is 2.55. The predicted molar refractivity (Wildman–Crippen MR) is 72.5 cm³/mol. The van der Waals surface area contributed by atoms with Gasteiger partial charge in [0.05, 0.1) is 5.69 Å². The fourth-order valence-corrected chi connectivity index (χ4v) is 2.06. The van der Waals surface area contributed by atoms with Crippen LogP contribution in [0.1, 0.15) is 16.1 Å². The predicted octanol–water partition coefficient (Wildman–Crippen LogP) is 1.23. The molecule has 1 heterocycles. The van der Waals surface area contributed by atoms with Gasteiger partial charge in [-0.1, -0.05) is 22.0 Å². The van der Waals surface area contributed by atoms with Crippen LogP contribution in [0.15, 0.2) is 34.9 Å². The summed E-state index contributed by atoms with van der Waals surface area (Å²) in [6.45, 7) is 0.554. The summed E-state index contributed by atoms with van der Waals surface area (Å²) in [5.41, 5.74) is 13.0. The molecule has 6 heteroatoms. The van der Waals surface area contributed by atoms with Crippen molar-refractivity contribution in [2.24, 2.45) is 11.5 Å². The number of carbonyl (C=O) groups excluding carboxylic acids is 1. The van der Waals surface area contributed by atoms with Crippen molar-refractivity contribution in [3.8, 4) is 5.69 Å². The molecule has 2 rings (SSSR count). The second kappa shape index (κ2) is 5.32. The number of rotatable bonds is 4. The molecule has 0 radical (unpaired) electrons. The van der Waals surface area contributed by atoms with Gasteiger partial charge in [0.1, 0.15) is 5.69 Å². The zero-order chi connectivity index (χ0) is 13.1. The van der Waals surface area contributed by atoms with Crippen LogP contribution in [0.2, 0.25) is 0 Å². The molecule has 94 valence electrons. The lowest BCUT2D eigenvalue weighted by atomic mass is 10.1. The van der Waals surface area contributed by atoms with Crippen LogP contribution < -0.4 is 11.5 Å². The van der Waals surface area contributed by atoms with Crippen LogP contribution in [-0.4, -0.2) is 22.2 Å². The molecule has 5 nitrogen and oxygen atoms in total. The number of aromatic nitrogens is 2. The van der Waals surface area contributed by atoms with Gasteiger partial charge in [0.2, 0.25) is 0 Å². The lowest BCUT2D eigenvalue weighted by Crippen LogP contribution is -2.13. The molecule has 0 saturated heterocycles. The standard InChI is InChI=1S/C12H13BrN4O/c13-9-2-1-8(3-5-14)11(7-9)17-6-4-10(16-17)12(15)18/h1-2,4,6-7H,3,5,14H2,(H2,15,18). The zero-order valence-electron chi connectivity index (χ0n) is 9.64. The second-order valence-corrected chi connectivity index (χ2v) is 4.74. The summed E-state index contributed by atoms with van der Waals surface area (Å²) in [6.07, 6.45) is 2.45. The SMILES string of the molecule is NCCc1ccc(Br)cc1-n1ccc(C(N)=O)n1. The average Bonchev–Trinajstić information content (AvgIpc) is 2.81. The fourth-order valence-electron chi connectivity index (χ4n) is 1.71. The highest BCUT2D eigenvalue weighted by Crippen LogP contribution is 2.20. The van der Waals surface area contributed by atoms with E-state index in [1.54, 1.807) is 16.9 Å². The molecule has 0 aliphatic rings. The van der Waals surface area contributed by atoms with E-state index in [-0.39, 0.29) is 5.69 Å². The van der Waals surface area contributed by atoms with E-state index in [4.69, 9.17) is 11.5 Å². The molecule has 4 N–H and O–H groups in total. The van der Waals surface area contributed by atoms with E-state index >= 15 is 0 Å². The van der Waals surface area contributed by atoms with Gasteiger partial charge in [0, 0.05) is 10.7 Å². The number of hydrogen-bond donors (Lipinski definition) is 2. The summed E-state index contributed by atoms with van der Waals surface area (Å²) in [4.78, 5) is 11.0. The van der Waals surface area contributed by atoms with Gasteiger partial charge < -0.3 is 11.5 Å². The Morgan fingerprint density at radius 3 is 2.78 bits per heavy atom. The first kappa shape index (κ1) is 12.8. The molecule has 0 spiro atoms. The molecule has 18 heavy (non-hydrogen) atoms. The quantitative estimate of drug-likeness (QED) is 0.890. The van der Waals surface area contributed by atoms with E-state index in [2.05, 4.69) is 21.0 Å². The van der Waals surface area contributed by atoms with Crippen LogP contribution >= 0.6 is 15.9 Å². The third-order valence-corrected chi connectivity index (χ3v) is 3.04. The lowest BCUT2D eigenvalue weighted by molar-refractivity contribution is 0.0995. The van der Waals surface area contributed by atoms with E-state index in [1.807, 2.05) is 18.2 Å². The number of nitrogens with two attached hydrogens (primary N) is 2. The number of halogens is 1. The van der Waals surface area contributed by atoms with Gasteiger partial charge in [-0.25, -0.2) is 4.68 Å². The molecule has 0 atom stereocenters. The van der Waals surface area contributed by atoms with Gasteiger partial charge in [-0.15, -0.1) is 0 Å². The van der Waals surface area contributed by atoms with E-state index in [0.29, 0.717) is 6.54 Å². The molecule has 0 aliphatic carbocycles. The summed E-state index contributed by atoms with van der Waals surface area (Å²) in [7, 11) is 0. The Labute approximate surface area is 113 Å². The van der Waals surface area contributed by atoms with Crippen molar-refractivity contribution in [1.82, 2.24) is 9.78 Å². The summed E-state index contributed by atoms with van der Waals surface area (Å²) in [5.74, 6) is -0.538. The normalized spacial score (nSPS) is 10.6. The Bertz CT molecular complexity index is 579. The van der Waals surface area contributed by atoms with Crippen molar-refractivity contribution < 1.29 is 4.79 Å². The first-order valence-corrected chi connectivity index (χ1v) is 6.25. The largest absolute Gasteiger partial charge is 0.364 e. The number of benzene rings is 1. The Kier molecular flexibility index (Phi) is 3.78. The van der Waals surface area contributed by atoms with Gasteiger partial charge in [0.25, 0.3) is 5.91 Å². The Balaban J connectivity index is 2.47. The lowest BCUT2D eigenvalue weighted by Gasteiger charge is -2.09. The van der Waals surface area contributed by atoms with Crippen molar-refractivity contribution in [3.05, 3.63) is 46.2 Å². The minimum absolute atomic E-state index is 0.244. The maximum absolute atomic E-state index is 11.0. The molecule has 2 aromatic rings. The van der Waals surface area contributed by atoms with E-state index < -0.39 is 5.91 Å². The maximum atomic E-state index is 11.0. The molecule has 0 saturated carbocycles. The van der Waals surface area contributed by atoms with Gasteiger partial charge in [-0.05, 0) is 36.7 Å². The highest BCUT2D eigenvalue weighted by Gasteiger charge is 2.09. The fraction of sp³-hybridized carbons (Fsp3) is 0.167. The molecule has 1 aromatic heterocycles. The number of nitrogens with zero attached hydrogens (tertiary/aromatic N) is 2. The van der Waals surface area contributed by atoms with Crippen molar-refractivity contribution in [2.45, 2.75) is 6.42 Å². The molecule has 0 fully saturated rings. The number of hydrogen-bond acceptors (Lipinski definition) is 3. The zero-order valence-corrected chi connectivity index (χ0v) is 11.2.